The quantitative estimate of drug-likeness (QED) is 0.887. The maximum Gasteiger partial charge on any atom is 0.322 e. The molecule has 1 aliphatic heterocycles. The van der Waals surface area contributed by atoms with Crippen LogP contribution in [0.1, 0.15) is 24.8 Å². The lowest BCUT2D eigenvalue weighted by Gasteiger charge is -2.24. The van der Waals surface area contributed by atoms with Gasteiger partial charge in [-0.1, -0.05) is 6.07 Å². The largest absolute Gasteiger partial charge is 0.481 e. The number of nitrogens with one attached hydrogen (secondary N) is 1. The number of hydrogen-bond acceptors (Lipinski definition) is 2. The number of rotatable bonds is 3. The number of aryl methyl sites for hydroxylation is 1. The number of aliphatic carboxylic acids is 1. The maximum atomic E-state index is 12.3. The molecule has 108 valence electrons. The fourth-order valence-corrected chi connectivity index (χ4v) is 2.78. The summed E-state index contributed by atoms with van der Waals surface area (Å²) in [6.07, 6.45) is 1.59. The van der Waals surface area contributed by atoms with Crippen LogP contribution in [0.25, 0.3) is 0 Å². The van der Waals surface area contributed by atoms with Gasteiger partial charge < -0.3 is 15.3 Å². The monoisotopic (exact) mass is 340 g/mol. The van der Waals surface area contributed by atoms with Crippen molar-refractivity contribution in [2.75, 3.05) is 11.9 Å². The molecule has 1 atom stereocenters. The van der Waals surface area contributed by atoms with Crippen LogP contribution in [0, 0.1) is 6.92 Å². The molecule has 1 heterocycles. The molecule has 2 N–H and O–H groups in total. The molecular formula is C14H17BrN2O3. The van der Waals surface area contributed by atoms with E-state index >= 15 is 0 Å². The molecule has 5 nitrogen and oxygen atoms in total. The number of carboxylic acids is 1. The van der Waals surface area contributed by atoms with Crippen LogP contribution >= 0.6 is 15.9 Å². The molecule has 20 heavy (non-hydrogen) atoms. The van der Waals surface area contributed by atoms with Gasteiger partial charge in [-0.05, 0) is 53.4 Å². The Bertz CT molecular complexity index is 533. The second-order valence-electron chi connectivity index (χ2n) is 5.00. The predicted molar refractivity (Wildman–Crippen MR) is 79.9 cm³/mol. The summed E-state index contributed by atoms with van der Waals surface area (Å²) in [5, 5.41) is 11.7. The first kappa shape index (κ1) is 14.8. The van der Waals surface area contributed by atoms with E-state index in [1.54, 1.807) is 4.90 Å². The van der Waals surface area contributed by atoms with Crippen LogP contribution in [0.3, 0.4) is 0 Å². The lowest BCUT2D eigenvalue weighted by Crippen LogP contribution is -2.39. The Morgan fingerprint density at radius 1 is 1.50 bits per heavy atom. The summed E-state index contributed by atoms with van der Waals surface area (Å²) < 4.78 is 0.811. The molecule has 1 aromatic carbocycles. The van der Waals surface area contributed by atoms with E-state index in [1.165, 1.54) is 0 Å². The number of hydrogen-bond donors (Lipinski definition) is 2. The lowest BCUT2D eigenvalue weighted by molar-refractivity contribution is -0.137. The fraction of sp³-hybridized carbons (Fsp3) is 0.429. The van der Waals surface area contributed by atoms with E-state index in [1.807, 2.05) is 25.1 Å². The normalized spacial score (nSPS) is 18.1. The van der Waals surface area contributed by atoms with Gasteiger partial charge in [0.1, 0.15) is 0 Å². The van der Waals surface area contributed by atoms with Crippen molar-refractivity contribution in [3.05, 3.63) is 28.2 Å². The first-order valence-corrected chi connectivity index (χ1v) is 7.32. The lowest BCUT2D eigenvalue weighted by atomic mass is 10.1. The van der Waals surface area contributed by atoms with E-state index in [2.05, 4.69) is 21.2 Å². The SMILES string of the molecule is Cc1ccc(Br)c(NC(=O)N2CCCC2CC(=O)O)c1. The number of carbonyl (C=O) groups excluding carboxylic acids is 1. The topological polar surface area (TPSA) is 69.6 Å². The van der Waals surface area contributed by atoms with Crippen molar-refractivity contribution in [3.63, 3.8) is 0 Å². The van der Waals surface area contributed by atoms with Crippen molar-refractivity contribution >= 4 is 33.6 Å². The third-order valence-electron chi connectivity index (χ3n) is 3.41. The minimum atomic E-state index is -0.869. The minimum Gasteiger partial charge on any atom is -0.481 e. The first-order chi connectivity index (χ1) is 9.47. The average molecular weight is 341 g/mol. The standard InChI is InChI=1S/C14H17BrN2O3/c1-9-4-5-11(15)12(7-9)16-14(20)17-6-2-3-10(17)8-13(18)19/h4-5,7,10H,2-3,6,8H2,1H3,(H,16,20)(H,18,19). The average Bonchev–Trinajstić information content (AvgIpc) is 2.81. The minimum absolute atomic E-state index is 0.00239. The number of carbonyl (C=O) groups is 2. The van der Waals surface area contributed by atoms with Crippen LogP contribution in [0.5, 0.6) is 0 Å². The van der Waals surface area contributed by atoms with Gasteiger partial charge >= 0.3 is 12.0 Å². The number of benzene rings is 1. The molecule has 0 spiro atoms. The van der Waals surface area contributed by atoms with E-state index < -0.39 is 5.97 Å². The highest BCUT2D eigenvalue weighted by molar-refractivity contribution is 9.10. The molecular weight excluding hydrogens is 324 g/mol. The Morgan fingerprint density at radius 2 is 2.25 bits per heavy atom. The molecule has 0 aliphatic carbocycles. The smallest absolute Gasteiger partial charge is 0.322 e. The molecule has 0 radical (unpaired) electrons. The van der Waals surface area contributed by atoms with Gasteiger partial charge in [-0.25, -0.2) is 4.79 Å². The Hall–Kier alpha value is -1.56. The maximum absolute atomic E-state index is 12.3. The number of anilines is 1. The van der Waals surface area contributed by atoms with Crippen molar-refractivity contribution in [3.8, 4) is 0 Å². The summed E-state index contributed by atoms with van der Waals surface area (Å²) in [7, 11) is 0. The number of urea groups is 1. The van der Waals surface area contributed by atoms with E-state index in [0.717, 1.165) is 22.9 Å². The van der Waals surface area contributed by atoms with Crippen molar-refractivity contribution in [1.29, 1.82) is 0 Å². The zero-order valence-corrected chi connectivity index (χ0v) is 12.8. The van der Waals surface area contributed by atoms with E-state index in [4.69, 9.17) is 5.11 Å². The summed E-state index contributed by atoms with van der Waals surface area (Å²) in [6, 6.07) is 5.26. The van der Waals surface area contributed by atoms with Gasteiger partial charge in [0.2, 0.25) is 0 Å². The molecule has 2 amide bonds. The Kier molecular flexibility index (Phi) is 4.65. The molecule has 6 heteroatoms. The van der Waals surface area contributed by atoms with Crippen molar-refractivity contribution in [1.82, 2.24) is 4.90 Å². The Morgan fingerprint density at radius 3 is 2.95 bits per heavy atom. The van der Waals surface area contributed by atoms with Crippen molar-refractivity contribution < 1.29 is 14.7 Å². The molecule has 0 saturated carbocycles. The second kappa shape index (κ2) is 6.26. The summed E-state index contributed by atoms with van der Waals surface area (Å²) in [6.45, 7) is 2.55. The van der Waals surface area contributed by atoms with Crippen molar-refractivity contribution in [2.24, 2.45) is 0 Å². The van der Waals surface area contributed by atoms with Crippen LogP contribution < -0.4 is 5.32 Å². The van der Waals surface area contributed by atoms with Gasteiger partial charge in [0, 0.05) is 17.1 Å². The molecule has 1 aliphatic rings. The Balaban J connectivity index is 2.07. The fourth-order valence-electron chi connectivity index (χ4n) is 2.44. The molecule has 1 unspecified atom stereocenters. The Labute approximate surface area is 126 Å². The predicted octanol–water partition coefficient (Wildman–Crippen LogP) is 3.23. The van der Waals surface area contributed by atoms with E-state index in [9.17, 15) is 9.59 Å². The second-order valence-corrected chi connectivity index (χ2v) is 5.86. The summed E-state index contributed by atoms with van der Waals surface area (Å²) >= 11 is 3.40. The van der Waals surface area contributed by atoms with Gasteiger partial charge in [0.05, 0.1) is 12.1 Å². The van der Waals surface area contributed by atoms with Gasteiger partial charge in [0.25, 0.3) is 0 Å². The van der Waals surface area contributed by atoms with Crippen LogP contribution in [0.2, 0.25) is 0 Å². The van der Waals surface area contributed by atoms with Gasteiger partial charge in [-0.2, -0.15) is 0 Å². The summed E-state index contributed by atoms with van der Waals surface area (Å²) in [5.74, 6) is -0.869. The van der Waals surface area contributed by atoms with Gasteiger partial charge in [-0.3, -0.25) is 4.79 Å². The number of nitrogens with zero attached hydrogens (tertiary/aromatic N) is 1. The summed E-state index contributed by atoms with van der Waals surface area (Å²) in [5.41, 5.74) is 1.75. The first-order valence-electron chi connectivity index (χ1n) is 6.53. The zero-order valence-electron chi connectivity index (χ0n) is 11.2. The number of halogens is 1. The molecule has 1 fully saturated rings. The third kappa shape index (κ3) is 3.50. The van der Waals surface area contributed by atoms with Gasteiger partial charge in [0.15, 0.2) is 0 Å². The summed E-state index contributed by atoms with van der Waals surface area (Å²) in [4.78, 5) is 24.7. The van der Waals surface area contributed by atoms with E-state index in [0.29, 0.717) is 12.2 Å². The number of likely N-dealkylation sites (tertiary alicyclic amines) is 1. The number of amides is 2. The van der Waals surface area contributed by atoms with Crippen LogP contribution in [-0.2, 0) is 4.79 Å². The van der Waals surface area contributed by atoms with Crippen LogP contribution in [0.15, 0.2) is 22.7 Å². The van der Waals surface area contributed by atoms with Crippen LogP contribution in [0.4, 0.5) is 10.5 Å². The van der Waals surface area contributed by atoms with Crippen molar-refractivity contribution in [2.45, 2.75) is 32.2 Å². The highest BCUT2D eigenvalue weighted by Crippen LogP contribution is 2.26. The van der Waals surface area contributed by atoms with E-state index in [-0.39, 0.29) is 18.5 Å². The number of carboxylic acid groups (broad SMARTS) is 1. The molecule has 2 rings (SSSR count). The van der Waals surface area contributed by atoms with Gasteiger partial charge in [-0.15, -0.1) is 0 Å². The molecule has 0 bridgehead atoms. The molecule has 1 saturated heterocycles. The third-order valence-corrected chi connectivity index (χ3v) is 4.10. The zero-order chi connectivity index (χ0) is 14.7. The highest BCUT2D eigenvalue weighted by atomic mass is 79.9. The molecule has 0 aromatic heterocycles. The highest BCUT2D eigenvalue weighted by Gasteiger charge is 2.30. The van der Waals surface area contributed by atoms with Crippen LogP contribution in [-0.4, -0.2) is 34.6 Å². The molecule has 1 aromatic rings.